The number of hydrogen-bond donors (Lipinski definition) is 1. The monoisotopic (exact) mass is 401 g/mol. The molecule has 8 heteroatoms. The Labute approximate surface area is 172 Å². The lowest BCUT2D eigenvalue weighted by Gasteiger charge is -2.15. The molecule has 4 rings (SSSR count). The first-order valence-electron chi connectivity index (χ1n) is 9.20. The highest BCUT2D eigenvalue weighted by Crippen LogP contribution is 2.22. The second-order valence-corrected chi connectivity index (χ2v) is 6.52. The lowest BCUT2D eigenvalue weighted by atomic mass is 10.1. The highest BCUT2D eigenvalue weighted by atomic mass is 16.5. The van der Waals surface area contributed by atoms with Gasteiger partial charge in [-0.15, -0.1) is 0 Å². The van der Waals surface area contributed by atoms with E-state index in [4.69, 9.17) is 4.74 Å². The molecule has 2 heterocycles. The summed E-state index contributed by atoms with van der Waals surface area (Å²) < 4.78 is 6.35. The fourth-order valence-corrected chi connectivity index (χ4v) is 3.09. The van der Waals surface area contributed by atoms with Crippen molar-refractivity contribution in [1.82, 2.24) is 14.6 Å². The third kappa shape index (κ3) is 3.58. The van der Waals surface area contributed by atoms with Gasteiger partial charge in [-0.1, -0.05) is 30.3 Å². The second kappa shape index (κ2) is 8.04. The number of benzene rings is 2. The Kier molecular flexibility index (Phi) is 5.13. The zero-order valence-electron chi connectivity index (χ0n) is 16.4. The number of hydrogen-bond acceptors (Lipinski definition) is 5. The molecule has 30 heavy (non-hydrogen) atoms. The van der Waals surface area contributed by atoms with Crippen molar-refractivity contribution in [3.05, 3.63) is 78.6 Å². The Morgan fingerprint density at radius 1 is 1.03 bits per heavy atom. The summed E-state index contributed by atoms with van der Waals surface area (Å²) in [6, 6.07) is 18.5. The van der Waals surface area contributed by atoms with Crippen molar-refractivity contribution in [2.24, 2.45) is 0 Å². The number of nitrogens with zero attached hydrogens (tertiary/aromatic N) is 4. The Bertz CT molecular complexity index is 1200. The highest BCUT2D eigenvalue weighted by molar-refractivity contribution is 6.08. The fourth-order valence-electron chi connectivity index (χ4n) is 3.09. The number of fused-ring (bicyclic) bond motifs is 1. The van der Waals surface area contributed by atoms with Crippen LogP contribution in [0.1, 0.15) is 10.4 Å². The van der Waals surface area contributed by atoms with E-state index in [0.717, 1.165) is 11.3 Å². The molecular weight excluding hydrogens is 382 g/mol. The van der Waals surface area contributed by atoms with Crippen LogP contribution in [0.15, 0.2) is 73.1 Å². The number of amides is 2. The molecule has 0 aliphatic heterocycles. The zero-order valence-corrected chi connectivity index (χ0v) is 16.4. The van der Waals surface area contributed by atoms with E-state index in [-0.39, 0.29) is 5.91 Å². The van der Waals surface area contributed by atoms with Gasteiger partial charge < -0.3 is 10.1 Å². The maximum atomic E-state index is 12.8. The van der Waals surface area contributed by atoms with Gasteiger partial charge in [0, 0.05) is 30.2 Å². The van der Waals surface area contributed by atoms with Gasteiger partial charge in [0.2, 0.25) is 0 Å². The van der Waals surface area contributed by atoms with Gasteiger partial charge >= 0.3 is 6.09 Å². The number of ether oxygens (including phenoxy) is 1. The number of nitrogens with one attached hydrogen (secondary N) is 1. The van der Waals surface area contributed by atoms with Gasteiger partial charge in [0.1, 0.15) is 5.56 Å². The van der Waals surface area contributed by atoms with Gasteiger partial charge in [-0.05, 0) is 30.3 Å². The summed E-state index contributed by atoms with van der Waals surface area (Å²) in [6.07, 6.45) is 2.69. The maximum absolute atomic E-state index is 12.8. The molecule has 0 spiro atoms. The number of carbonyl (C=O) groups excluding carboxylic acids is 2. The van der Waals surface area contributed by atoms with Gasteiger partial charge in [0.25, 0.3) is 5.91 Å². The molecule has 0 atom stereocenters. The van der Waals surface area contributed by atoms with E-state index in [9.17, 15) is 9.59 Å². The molecule has 2 amide bonds. The molecule has 0 fully saturated rings. The largest absolute Gasteiger partial charge is 0.452 e. The lowest BCUT2D eigenvalue weighted by Crippen LogP contribution is -2.25. The van der Waals surface area contributed by atoms with Crippen LogP contribution in [0.2, 0.25) is 0 Å². The predicted molar refractivity (Wildman–Crippen MR) is 114 cm³/mol. The van der Waals surface area contributed by atoms with Crippen LogP contribution >= 0.6 is 0 Å². The topological polar surface area (TPSA) is 88.8 Å². The van der Waals surface area contributed by atoms with Crippen molar-refractivity contribution in [1.29, 1.82) is 0 Å². The fraction of sp³-hybridized carbons (Fsp3) is 0.0909. The van der Waals surface area contributed by atoms with Crippen molar-refractivity contribution in [2.45, 2.75) is 0 Å². The molecule has 0 unspecified atom stereocenters. The third-order valence-corrected chi connectivity index (χ3v) is 4.68. The molecule has 2 aromatic heterocycles. The Morgan fingerprint density at radius 3 is 2.47 bits per heavy atom. The molecule has 8 nitrogen and oxygen atoms in total. The molecule has 0 aliphatic rings. The minimum Gasteiger partial charge on any atom is -0.452 e. The summed E-state index contributed by atoms with van der Waals surface area (Å²) in [5, 5.41) is 7.20. The maximum Gasteiger partial charge on any atom is 0.413 e. The number of methoxy groups -OCH3 is 1. The van der Waals surface area contributed by atoms with Crippen LogP contribution in [0.5, 0.6) is 0 Å². The normalized spacial score (nSPS) is 10.6. The van der Waals surface area contributed by atoms with E-state index >= 15 is 0 Å². The van der Waals surface area contributed by atoms with Crippen molar-refractivity contribution in [3.8, 4) is 11.3 Å². The Morgan fingerprint density at radius 2 is 1.77 bits per heavy atom. The van der Waals surface area contributed by atoms with Crippen LogP contribution < -0.4 is 10.2 Å². The number of anilines is 2. The zero-order chi connectivity index (χ0) is 21.1. The van der Waals surface area contributed by atoms with Gasteiger partial charge in [-0.2, -0.15) is 5.10 Å². The molecule has 0 bridgehead atoms. The molecule has 0 aliphatic carbocycles. The first kappa shape index (κ1) is 19.1. The number of aromatic nitrogens is 3. The molecule has 1 N–H and O–H groups in total. The average Bonchev–Trinajstić information content (AvgIpc) is 3.23. The van der Waals surface area contributed by atoms with Crippen molar-refractivity contribution >= 4 is 29.0 Å². The summed E-state index contributed by atoms with van der Waals surface area (Å²) in [5.74, 6) is -0.322. The highest BCUT2D eigenvalue weighted by Gasteiger charge is 2.17. The van der Waals surface area contributed by atoms with Crippen molar-refractivity contribution < 1.29 is 14.3 Å². The van der Waals surface area contributed by atoms with Gasteiger partial charge in [-0.25, -0.2) is 14.3 Å². The summed E-state index contributed by atoms with van der Waals surface area (Å²) in [7, 11) is 2.93. The van der Waals surface area contributed by atoms with Crippen LogP contribution in [-0.4, -0.2) is 40.8 Å². The van der Waals surface area contributed by atoms with Crippen LogP contribution in [0.3, 0.4) is 0 Å². The van der Waals surface area contributed by atoms with E-state index in [2.05, 4.69) is 15.4 Å². The summed E-state index contributed by atoms with van der Waals surface area (Å²) in [5.41, 5.74) is 3.88. The summed E-state index contributed by atoms with van der Waals surface area (Å²) in [6.45, 7) is 0. The minimum absolute atomic E-state index is 0.322. The average molecular weight is 401 g/mol. The van der Waals surface area contributed by atoms with Crippen LogP contribution in [0, 0.1) is 0 Å². The SMILES string of the molecule is COC(=O)N(C)c1ccc(NC(=O)c2cnn3c(-c4ccccc4)ccnc23)cc1. The van der Waals surface area contributed by atoms with E-state index in [1.54, 1.807) is 42.0 Å². The number of rotatable bonds is 4. The van der Waals surface area contributed by atoms with Crippen molar-refractivity contribution in [2.75, 3.05) is 24.4 Å². The van der Waals surface area contributed by atoms with Gasteiger partial charge in [0.05, 0.1) is 19.0 Å². The quantitative estimate of drug-likeness (QED) is 0.561. The Hall–Kier alpha value is -4.20. The van der Waals surface area contributed by atoms with E-state index in [0.29, 0.717) is 22.6 Å². The lowest BCUT2D eigenvalue weighted by molar-refractivity contribution is 0.102. The molecular formula is C22H19N5O3. The molecule has 2 aromatic carbocycles. The van der Waals surface area contributed by atoms with E-state index in [1.165, 1.54) is 18.2 Å². The second-order valence-electron chi connectivity index (χ2n) is 6.52. The van der Waals surface area contributed by atoms with Gasteiger partial charge in [0.15, 0.2) is 5.65 Å². The van der Waals surface area contributed by atoms with Crippen LogP contribution in [0.4, 0.5) is 16.2 Å². The minimum atomic E-state index is -0.474. The van der Waals surface area contributed by atoms with E-state index < -0.39 is 6.09 Å². The van der Waals surface area contributed by atoms with E-state index in [1.807, 2.05) is 36.4 Å². The van der Waals surface area contributed by atoms with Gasteiger partial charge in [-0.3, -0.25) is 9.69 Å². The van der Waals surface area contributed by atoms with Crippen LogP contribution in [-0.2, 0) is 4.74 Å². The smallest absolute Gasteiger partial charge is 0.413 e. The third-order valence-electron chi connectivity index (χ3n) is 4.68. The molecule has 4 aromatic rings. The first-order chi connectivity index (χ1) is 14.6. The molecule has 0 radical (unpaired) electrons. The Balaban J connectivity index is 1.58. The number of carbonyl (C=O) groups is 2. The predicted octanol–water partition coefficient (Wildman–Crippen LogP) is 3.85. The van der Waals surface area contributed by atoms with Crippen LogP contribution in [0.25, 0.3) is 16.9 Å². The molecule has 150 valence electrons. The standard InChI is InChI=1S/C22H19N5O3/c1-26(22(29)30-2)17-10-8-16(9-11-17)25-21(28)18-14-24-27-19(12-13-23-20(18)27)15-6-4-3-5-7-15/h3-14H,1-2H3,(H,25,28). The van der Waals surface area contributed by atoms with Crippen molar-refractivity contribution in [3.63, 3.8) is 0 Å². The molecule has 0 saturated heterocycles. The first-order valence-corrected chi connectivity index (χ1v) is 9.20. The summed E-state index contributed by atoms with van der Waals surface area (Å²) in [4.78, 5) is 30.1. The summed E-state index contributed by atoms with van der Waals surface area (Å²) >= 11 is 0. The molecule has 0 saturated carbocycles.